The molecule has 280 valence electrons. The van der Waals surface area contributed by atoms with E-state index in [1.165, 1.54) is 223 Å². The van der Waals surface area contributed by atoms with E-state index < -0.39 is 10.4 Å². The molecular formula is C40H86NO4S+. The number of quaternary nitrogens is 1. The van der Waals surface area contributed by atoms with Crippen LogP contribution in [0.3, 0.4) is 0 Å². The first kappa shape index (κ1) is 47.9. The van der Waals surface area contributed by atoms with Crippen molar-refractivity contribution < 1.29 is 21.3 Å². The van der Waals surface area contributed by atoms with Crippen molar-refractivity contribution in [1.82, 2.24) is 0 Å². The molecule has 0 aliphatic heterocycles. The van der Waals surface area contributed by atoms with Crippen molar-refractivity contribution in [1.29, 1.82) is 0 Å². The second-order valence-corrected chi connectivity index (χ2v) is 16.2. The number of hydrogen-bond acceptors (Lipinski definition) is 4. The molecule has 0 N–H and O–H groups in total. The largest absolute Gasteiger partial charge is 0.399 e. The fourth-order valence-electron chi connectivity index (χ4n) is 6.36. The minimum Gasteiger partial charge on any atom is -0.328 e. The van der Waals surface area contributed by atoms with E-state index in [1.807, 2.05) is 0 Å². The molecule has 0 unspecified atom stereocenters. The maximum atomic E-state index is 9.92. The van der Waals surface area contributed by atoms with Gasteiger partial charge in [0.1, 0.15) is 0 Å². The highest BCUT2D eigenvalue weighted by molar-refractivity contribution is 7.81. The first-order valence-electron chi connectivity index (χ1n) is 20.4. The molecule has 0 aliphatic carbocycles. The predicted molar refractivity (Wildman–Crippen MR) is 204 cm³/mol. The molecule has 0 saturated carbocycles. The molecule has 0 aromatic carbocycles. The van der Waals surface area contributed by atoms with Crippen LogP contribution >= 0.6 is 0 Å². The van der Waals surface area contributed by atoms with Crippen LogP contribution in [0.15, 0.2) is 0 Å². The summed E-state index contributed by atoms with van der Waals surface area (Å²) in [6.45, 7) is 7.39. The normalized spacial score (nSPS) is 12.0. The van der Waals surface area contributed by atoms with E-state index in [1.54, 1.807) is 0 Å². The fraction of sp³-hybridized carbons (Fsp3) is 1.00. The Labute approximate surface area is 291 Å². The Hall–Kier alpha value is -0.170. The Morgan fingerprint density at radius 1 is 0.348 bits per heavy atom. The van der Waals surface area contributed by atoms with Gasteiger partial charge >= 0.3 is 10.4 Å². The summed E-state index contributed by atoms with van der Waals surface area (Å²) in [5, 5.41) is 0. The van der Waals surface area contributed by atoms with E-state index in [0.29, 0.717) is 0 Å². The minimum atomic E-state index is -3.66. The molecule has 46 heavy (non-hydrogen) atoms. The number of unbranched alkanes of at least 4 members (excludes halogenated alkanes) is 30. The van der Waals surface area contributed by atoms with Gasteiger partial charge in [0.15, 0.2) is 0 Å². The molecule has 0 heterocycles. The van der Waals surface area contributed by atoms with Crippen LogP contribution in [-0.4, -0.2) is 54.3 Å². The van der Waals surface area contributed by atoms with Gasteiger partial charge in [-0.2, -0.15) is 8.42 Å². The number of rotatable bonds is 36. The monoisotopic (exact) mass is 677 g/mol. The van der Waals surface area contributed by atoms with Crippen LogP contribution in [0.4, 0.5) is 0 Å². The molecule has 0 saturated heterocycles. The summed E-state index contributed by atoms with van der Waals surface area (Å²) in [5.74, 6) is 0. The topological polar surface area (TPSA) is 52.6 Å². The lowest BCUT2D eigenvalue weighted by molar-refractivity contribution is -0.890. The van der Waals surface area contributed by atoms with Crippen molar-refractivity contribution in [3.05, 3.63) is 0 Å². The molecule has 0 aliphatic rings. The molecule has 0 radical (unpaired) electrons. The zero-order valence-corrected chi connectivity index (χ0v) is 33.3. The molecule has 6 heteroatoms. The van der Waals surface area contributed by atoms with Crippen molar-refractivity contribution in [2.24, 2.45) is 0 Å². The van der Waals surface area contributed by atoms with Crippen molar-refractivity contribution in [3.63, 3.8) is 0 Å². The smallest absolute Gasteiger partial charge is 0.328 e. The second kappa shape index (κ2) is 37.6. The Morgan fingerprint density at radius 2 is 0.522 bits per heavy atom. The van der Waals surface area contributed by atoms with Crippen molar-refractivity contribution in [3.8, 4) is 0 Å². The highest BCUT2D eigenvalue weighted by atomic mass is 32.3. The van der Waals surface area contributed by atoms with E-state index in [0.717, 1.165) is 14.2 Å². The lowest BCUT2D eigenvalue weighted by Crippen LogP contribution is -2.41. The highest BCUT2D eigenvalue weighted by Gasteiger charge is 2.13. The summed E-state index contributed by atoms with van der Waals surface area (Å²) >= 11 is 0. The van der Waals surface area contributed by atoms with Gasteiger partial charge in [-0.15, -0.1) is 0 Å². The molecule has 0 atom stereocenters. The van der Waals surface area contributed by atoms with Crippen LogP contribution < -0.4 is 0 Å². The number of nitrogens with zero attached hydrogens (tertiary/aromatic N) is 1. The summed E-state index contributed by atoms with van der Waals surface area (Å²) < 4.78 is 28.8. The Bertz CT molecular complexity index is 620. The van der Waals surface area contributed by atoms with E-state index in [9.17, 15) is 8.42 Å². The Morgan fingerprint density at radius 3 is 0.674 bits per heavy atom. The molecule has 0 rings (SSSR count). The third-order valence-corrected chi connectivity index (χ3v) is 10.5. The molecule has 0 bridgehead atoms. The van der Waals surface area contributed by atoms with Gasteiger partial charge in [-0.1, -0.05) is 194 Å². The average molecular weight is 677 g/mol. The lowest BCUT2D eigenvalue weighted by Gasteiger charge is -2.30. The zero-order valence-electron chi connectivity index (χ0n) is 32.5. The van der Waals surface area contributed by atoms with Crippen molar-refractivity contribution in [2.75, 3.05) is 41.4 Å². The maximum Gasteiger partial charge on any atom is 0.399 e. The summed E-state index contributed by atoms with van der Waals surface area (Å²) in [5.41, 5.74) is 0. The van der Waals surface area contributed by atoms with E-state index in [2.05, 4.69) is 36.3 Å². The third-order valence-electron chi connectivity index (χ3n) is 9.64. The molecule has 0 aromatic heterocycles. The average Bonchev–Trinajstić information content (AvgIpc) is 3.04. The van der Waals surface area contributed by atoms with Gasteiger partial charge in [-0.05, 0) is 25.7 Å². The first-order valence-corrected chi connectivity index (χ1v) is 21.8. The molecule has 0 fully saturated rings. The minimum absolute atomic E-state index is 1.03. The highest BCUT2D eigenvalue weighted by Crippen LogP contribution is 2.16. The SMILES string of the molecule is CCCCCCCCCCCCCCCCCC[N+](C)(C)CCCCCCCCCCCCCCCCCC.COS(=O)(=O)OC. The second-order valence-electron chi connectivity index (χ2n) is 14.7. The summed E-state index contributed by atoms with van der Waals surface area (Å²) in [6.07, 6.45) is 46.9. The zero-order chi connectivity index (χ0) is 34.5. The van der Waals surface area contributed by atoms with E-state index in [4.69, 9.17) is 0 Å². The van der Waals surface area contributed by atoms with Crippen LogP contribution in [-0.2, 0) is 18.8 Å². The summed E-state index contributed by atoms with van der Waals surface area (Å²) in [6, 6.07) is 0. The Balaban J connectivity index is 0. The molecule has 0 spiro atoms. The van der Waals surface area contributed by atoms with Gasteiger partial charge in [0.2, 0.25) is 0 Å². The molecular weight excluding hydrogens is 591 g/mol. The predicted octanol–water partition coefficient (Wildman–Crippen LogP) is 13.1. The van der Waals surface area contributed by atoms with Crippen molar-refractivity contribution >= 4 is 10.4 Å². The molecule has 0 aromatic rings. The van der Waals surface area contributed by atoms with Crippen LogP contribution in [0.2, 0.25) is 0 Å². The van der Waals surface area contributed by atoms with E-state index >= 15 is 0 Å². The standard InChI is InChI=1S/C38H80N.C2H6O4S/c1-5-7-9-11-13-15-17-19-21-23-25-27-29-31-33-35-37-39(3,4)38-36-34-32-30-28-26-24-22-20-18-16-14-12-10-8-6-2;1-5-7(3,4)6-2/h5-38H2,1-4H3;1-2H3/q+1;. The van der Waals surface area contributed by atoms with Crippen LogP contribution in [0.25, 0.3) is 0 Å². The van der Waals surface area contributed by atoms with Gasteiger partial charge in [-0.25, -0.2) is 0 Å². The van der Waals surface area contributed by atoms with Gasteiger partial charge in [0.05, 0.1) is 41.4 Å². The van der Waals surface area contributed by atoms with Gasteiger partial charge in [0, 0.05) is 0 Å². The maximum absolute atomic E-state index is 9.92. The summed E-state index contributed by atoms with van der Waals surface area (Å²) in [7, 11) is 3.33. The summed E-state index contributed by atoms with van der Waals surface area (Å²) in [4.78, 5) is 0. The molecule has 5 nitrogen and oxygen atoms in total. The van der Waals surface area contributed by atoms with E-state index in [-0.39, 0.29) is 0 Å². The number of hydrogen-bond donors (Lipinski definition) is 0. The van der Waals surface area contributed by atoms with Crippen LogP contribution in [0.5, 0.6) is 0 Å². The van der Waals surface area contributed by atoms with Crippen LogP contribution in [0.1, 0.15) is 219 Å². The van der Waals surface area contributed by atoms with Gasteiger partial charge in [-0.3, -0.25) is 8.37 Å². The van der Waals surface area contributed by atoms with Gasteiger partial charge < -0.3 is 4.48 Å². The first-order chi connectivity index (χ1) is 22.2. The Kier molecular flexibility index (Phi) is 39.2. The lowest BCUT2D eigenvalue weighted by atomic mass is 10.0. The molecule has 0 amide bonds. The van der Waals surface area contributed by atoms with Crippen LogP contribution in [0, 0.1) is 0 Å². The fourth-order valence-corrected chi connectivity index (χ4v) is 6.49. The van der Waals surface area contributed by atoms with Crippen molar-refractivity contribution in [2.45, 2.75) is 219 Å². The third kappa shape index (κ3) is 41.9. The quantitative estimate of drug-likeness (QED) is 0.0489. The van der Waals surface area contributed by atoms with Gasteiger partial charge in [0.25, 0.3) is 0 Å².